The topological polar surface area (TPSA) is 63.7 Å². The van der Waals surface area contributed by atoms with Crippen molar-refractivity contribution in [2.75, 3.05) is 13.2 Å². The van der Waals surface area contributed by atoms with Gasteiger partial charge in [0, 0.05) is 18.8 Å². The molecule has 2 fully saturated rings. The van der Waals surface area contributed by atoms with Gasteiger partial charge in [0.05, 0.1) is 6.54 Å². The van der Waals surface area contributed by atoms with E-state index < -0.39 is 6.09 Å². The van der Waals surface area contributed by atoms with Crippen LogP contribution in [0.25, 0.3) is 0 Å². The van der Waals surface area contributed by atoms with Crippen LogP contribution in [0.1, 0.15) is 38.5 Å². The smallest absolute Gasteiger partial charge is 0.416 e. The molecule has 17 heavy (non-hydrogen) atoms. The highest BCUT2D eigenvalue weighted by molar-refractivity contribution is 5.93. The number of imide groups is 1. The van der Waals surface area contributed by atoms with Crippen molar-refractivity contribution in [1.82, 2.24) is 4.90 Å². The summed E-state index contributed by atoms with van der Waals surface area (Å²) in [5, 5.41) is 0. The number of hydrogen-bond acceptors (Lipinski definition) is 4. The van der Waals surface area contributed by atoms with E-state index in [1.807, 2.05) is 0 Å². The van der Waals surface area contributed by atoms with Crippen LogP contribution < -0.4 is 0 Å². The molecule has 2 aliphatic rings. The number of hydrogen-bond donors (Lipinski definition) is 0. The standard InChI is InChI=1S/C12H17NO4/c14-10-4-2-1-3-9(10)5-6-11(15)13-7-8-17-12(13)16/h9H,1-8H2/t9-/m1/s1. The second-order valence-corrected chi connectivity index (χ2v) is 4.61. The van der Waals surface area contributed by atoms with E-state index in [9.17, 15) is 14.4 Å². The van der Waals surface area contributed by atoms with Crippen LogP contribution in [0.5, 0.6) is 0 Å². The average Bonchev–Trinajstić information content (AvgIpc) is 2.74. The van der Waals surface area contributed by atoms with E-state index in [2.05, 4.69) is 0 Å². The van der Waals surface area contributed by atoms with Crippen molar-refractivity contribution in [3.8, 4) is 0 Å². The Morgan fingerprint density at radius 1 is 1.35 bits per heavy atom. The maximum absolute atomic E-state index is 11.7. The first kappa shape index (κ1) is 12.1. The molecule has 94 valence electrons. The van der Waals surface area contributed by atoms with E-state index in [0.717, 1.165) is 24.2 Å². The molecular weight excluding hydrogens is 222 g/mol. The van der Waals surface area contributed by atoms with Gasteiger partial charge in [0.2, 0.25) is 5.91 Å². The summed E-state index contributed by atoms with van der Waals surface area (Å²) in [6.07, 6.45) is 3.86. The number of ether oxygens (including phenoxy) is 1. The Morgan fingerprint density at radius 2 is 2.18 bits per heavy atom. The summed E-state index contributed by atoms with van der Waals surface area (Å²) in [5.41, 5.74) is 0. The molecule has 5 nitrogen and oxygen atoms in total. The van der Waals surface area contributed by atoms with Gasteiger partial charge in [-0.15, -0.1) is 0 Å². The van der Waals surface area contributed by atoms with Gasteiger partial charge in [-0.1, -0.05) is 6.42 Å². The normalized spacial score (nSPS) is 24.9. The number of ketones is 1. The predicted molar refractivity (Wildman–Crippen MR) is 59.3 cm³/mol. The van der Waals surface area contributed by atoms with E-state index >= 15 is 0 Å². The Kier molecular flexibility index (Phi) is 3.76. The van der Waals surface area contributed by atoms with E-state index in [-0.39, 0.29) is 30.6 Å². The SMILES string of the molecule is O=C1CCCC[C@@H]1CCC(=O)N1CCOC1=O. The van der Waals surface area contributed by atoms with Crippen molar-refractivity contribution < 1.29 is 19.1 Å². The Balaban J connectivity index is 1.79. The molecule has 1 aliphatic heterocycles. The Bertz CT molecular complexity index is 339. The minimum absolute atomic E-state index is 0.0197. The fourth-order valence-electron chi connectivity index (χ4n) is 2.41. The third-order valence-corrected chi connectivity index (χ3v) is 3.45. The van der Waals surface area contributed by atoms with Gasteiger partial charge in [-0.25, -0.2) is 9.69 Å². The minimum atomic E-state index is -0.551. The molecule has 1 atom stereocenters. The van der Waals surface area contributed by atoms with E-state index in [1.165, 1.54) is 0 Å². The maximum Gasteiger partial charge on any atom is 0.416 e. The van der Waals surface area contributed by atoms with Crippen LogP contribution in [0, 0.1) is 5.92 Å². The van der Waals surface area contributed by atoms with Gasteiger partial charge in [0.1, 0.15) is 12.4 Å². The van der Waals surface area contributed by atoms with Crippen molar-refractivity contribution in [3.05, 3.63) is 0 Å². The summed E-state index contributed by atoms with van der Waals surface area (Å²) in [5.74, 6) is 0.0743. The zero-order valence-electron chi connectivity index (χ0n) is 9.81. The van der Waals surface area contributed by atoms with Gasteiger partial charge in [0.25, 0.3) is 0 Å². The minimum Gasteiger partial charge on any atom is -0.447 e. The second kappa shape index (κ2) is 5.29. The van der Waals surface area contributed by atoms with Crippen molar-refractivity contribution in [2.24, 2.45) is 5.92 Å². The van der Waals surface area contributed by atoms with E-state index in [0.29, 0.717) is 19.4 Å². The van der Waals surface area contributed by atoms with Crippen LogP contribution in [0.2, 0.25) is 0 Å². The van der Waals surface area contributed by atoms with Gasteiger partial charge >= 0.3 is 6.09 Å². The lowest BCUT2D eigenvalue weighted by Gasteiger charge is -2.20. The Labute approximate surface area is 100 Å². The van der Waals surface area contributed by atoms with Crippen LogP contribution in [0.3, 0.4) is 0 Å². The number of rotatable bonds is 3. The third kappa shape index (κ3) is 2.84. The molecule has 0 radical (unpaired) electrons. The molecule has 2 rings (SSSR count). The maximum atomic E-state index is 11.7. The predicted octanol–water partition coefficient (Wildman–Crippen LogP) is 1.50. The van der Waals surface area contributed by atoms with E-state index in [4.69, 9.17) is 4.74 Å². The van der Waals surface area contributed by atoms with Crippen LogP contribution in [0.15, 0.2) is 0 Å². The highest BCUT2D eigenvalue weighted by atomic mass is 16.6. The van der Waals surface area contributed by atoms with Crippen LogP contribution in [0.4, 0.5) is 4.79 Å². The van der Waals surface area contributed by atoms with Gasteiger partial charge in [0.15, 0.2) is 0 Å². The molecule has 0 bridgehead atoms. The van der Waals surface area contributed by atoms with Gasteiger partial charge in [-0.3, -0.25) is 9.59 Å². The molecule has 0 aromatic rings. The number of amides is 2. The summed E-state index contributed by atoms with van der Waals surface area (Å²) >= 11 is 0. The summed E-state index contributed by atoms with van der Waals surface area (Å²) in [6.45, 7) is 0.628. The Morgan fingerprint density at radius 3 is 2.82 bits per heavy atom. The number of nitrogens with zero attached hydrogens (tertiary/aromatic N) is 1. The quantitative estimate of drug-likeness (QED) is 0.748. The van der Waals surface area contributed by atoms with Crippen molar-refractivity contribution in [3.63, 3.8) is 0 Å². The molecule has 1 aliphatic carbocycles. The number of cyclic esters (lactones) is 1. The van der Waals surface area contributed by atoms with Gasteiger partial charge in [-0.2, -0.15) is 0 Å². The highest BCUT2D eigenvalue weighted by Gasteiger charge is 2.29. The second-order valence-electron chi connectivity index (χ2n) is 4.61. The van der Waals surface area contributed by atoms with Crippen LogP contribution in [-0.2, 0) is 14.3 Å². The van der Waals surface area contributed by atoms with Crippen LogP contribution in [-0.4, -0.2) is 35.8 Å². The molecular formula is C12H17NO4. The molecule has 1 heterocycles. The van der Waals surface area contributed by atoms with Gasteiger partial charge < -0.3 is 4.74 Å². The lowest BCUT2D eigenvalue weighted by molar-refractivity contribution is -0.129. The molecule has 1 saturated carbocycles. The molecule has 0 aromatic carbocycles. The largest absolute Gasteiger partial charge is 0.447 e. The molecule has 5 heteroatoms. The number of carbonyl (C=O) groups excluding carboxylic acids is 3. The monoisotopic (exact) mass is 239 g/mol. The fourth-order valence-corrected chi connectivity index (χ4v) is 2.41. The van der Waals surface area contributed by atoms with Gasteiger partial charge in [-0.05, 0) is 19.3 Å². The lowest BCUT2D eigenvalue weighted by atomic mass is 9.85. The molecule has 0 unspecified atom stereocenters. The summed E-state index contributed by atoms with van der Waals surface area (Å²) < 4.78 is 4.70. The number of Topliss-reactive ketones (excluding diaryl/α,β-unsaturated/α-hetero) is 1. The third-order valence-electron chi connectivity index (χ3n) is 3.45. The first-order valence-electron chi connectivity index (χ1n) is 6.18. The number of carbonyl (C=O) groups is 3. The lowest BCUT2D eigenvalue weighted by Crippen LogP contribution is -2.32. The summed E-state index contributed by atoms with van der Waals surface area (Å²) in [4.78, 5) is 35.6. The summed E-state index contributed by atoms with van der Waals surface area (Å²) in [6, 6.07) is 0. The average molecular weight is 239 g/mol. The van der Waals surface area contributed by atoms with Crippen molar-refractivity contribution in [2.45, 2.75) is 38.5 Å². The zero-order valence-corrected chi connectivity index (χ0v) is 9.81. The Hall–Kier alpha value is -1.39. The summed E-state index contributed by atoms with van der Waals surface area (Å²) in [7, 11) is 0. The molecule has 2 amide bonds. The molecule has 0 aromatic heterocycles. The fraction of sp³-hybridized carbons (Fsp3) is 0.750. The molecule has 0 N–H and O–H groups in total. The first-order valence-corrected chi connectivity index (χ1v) is 6.18. The molecule has 1 saturated heterocycles. The van der Waals surface area contributed by atoms with Crippen molar-refractivity contribution in [1.29, 1.82) is 0 Å². The van der Waals surface area contributed by atoms with Crippen LogP contribution >= 0.6 is 0 Å². The zero-order chi connectivity index (χ0) is 12.3. The van der Waals surface area contributed by atoms with E-state index in [1.54, 1.807) is 0 Å². The molecule has 0 spiro atoms. The first-order chi connectivity index (χ1) is 8.18. The highest BCUT2D eigenvalue weighted by Crippen LogP contribution is 2.25. The van der Waals surface area contributed by atoms with Crippen molar-refractivity contribution >= 4 is 17.8 Å².